The second kappa shape index (κ2) is 15.8. The Labute approximate surface area is 268 Å². The number of ether oxygens (including phenoxy) is 1. The molecule has 1 aliphatic rings. The van der Waals surface area contributed by atoms with Gasteiger partial charge in [-0.25, -0.2) is 4.79 Å². The molecule has 7 N–H and O–H groups in total. The molecular formula is C36H44N4O6. The summed E-state index contributed by atoms with van der Waals surface area (Å²) in [7, 11) is 0. The lowest BCUT2D eigenvalue weighted by molar-refractivity contribution is 0.176. The second-order valence-corrected chi connectivity index (χ2v) is 12.0. The quantitative estimate of drug-likeness (QED) is 0.0939. The molecule has 5 rings (SSSR count). The number of carbonyl (C=O) groups is 1. The highest BCUT2D eigenvalue weighted by atomic mass is 16.5. The lowest BCUT2D eigenvalue weighted by atomic mass is 9.90. The molecule has 0 saturated heterocycles. The van der Waals surface area contributed by atoms with Crippen molar-refractivity contribution in [1.29, 1.82) is 0 Å². The Morgan fingerprint density at radius 1 is 0.978 bits per heavy atom. The van der Waals surface area contributed by atoms with Crippen LogP contribution < -0.4 is 26.2 Å². The Hall–Kier alpha value is -4.38. The summed E-state index contributed by atoms with van der Waals surface area (Å²) in [5.74, 6) is 0.618. The Morgan fingerprint density at radius 2 is 1.74 bits per heavy atom. The van der Waals surface area contributed by atoms with E-state index in [2.05, 4.69) is 10.3 Å². The molecule has 0 bridgehead atoms. The van der Waals surface area contributed by atoms with Crippen molar-refractivity contribution in [2.24, 2.45) is 5.73 Å². The molecule has 1 aliphatic carbocycles. The number of nitrogens with one attached hydrogen (secondary N) is 2. The normalized spacial score (nSPS) is 17.1. The zero-order valence-corrected chi connectivity index (χ0v) is 26.0. The van der Waals surface area contributed by atoms with Gasteiger partial charge in [0.1, 0.15) is 11.5 Å². The number of hydrogen-bond acceptors (Lipinski definition) is 7. The third-order valence-electron chi connectivity index (χ3n) is 8.75. The van der Waals surface area contributed by atoms with Gasteiger partial charge in [0.25, 0.3) is 0 Å². The monoisotopic (exact) mass is 628 g/mol. The summed E-state index contributed by atoms with van der Waals surface area (Å²) in [6.07, 6.45) is 5.08. The molecular weight excluding hydrogens is 584 g/mol. The number of benzene rings is 3. The van der Waals surface area contributed by atoms with Crippen molar-refractivity contribution in [3.05, 3.63) is 88.7 Å². The zero-order chi connectivity index (χ0) is 32.5. The van der Waals surface area contributed by atoms with Crippen LogP contribution in [0.5, 0.6) is 11.5 Å². The predicted molar refractivity (Wildman–Crippen MR) is 181 cm³/mol. The van der Waals surface area contributed by atoms with Gasteiger partial charge in [0.2, 0.25) is 5.56 Å². The van der Waals surface area contributed by atoms with Crippen molar-refractivity contribution in [2.75, 3.05) is 24.6 Å². The molecule has 1 amide bonds. The van der Waals surface area contributed by atoms with Crippen LogP contribution in [0.3, 0.4) is 0 Å². The van der Waals surface area contributed by atoms with Crippen LogP contribution in [0.4, 0.5) is 10.5 Å². The summed E-state index contributed by atoms with van der Waals surface area (Å²) in [5, 5.41) is 35.0. The van der Waals surface area contributed by atoms with Crippen LogP contribution in [0.2, 0.25) is 0 Å². The molecule has 244 valence electrons. The van der Waals surface area contributed by atoms with Crippen LogP contribution in [0.25, 0.3) is 22.0 Å². The Bertz CT molecular complexity index is 1650. The Kier molecular flexibility index (Phi) is 11.3. The number of anilines is 1. The van der Waals surface area contributed by atoms with Crippen LogP contribution >= 0.6 is 0 Å². The van der Waals surface area contributed by atoms with E-state index in [-0.39, 0.29) is 23.4 Å². The maximum Gasteiger partial charge on any atom is 0.412 e. The number of H-pyrrole nitrogens is 1. The van der Waals surface area contributed by atoms with E-state index >= 15 is 0 Å². The van der Waals surface area contributed by atoms with Gasteiger partial charge in [0.05, 0.1) is 23.9 Å². The maximum absolute atomic E-state index is 12.6. The first kappa shape index (κ1) is 33.0. The average molecular weight is 629 g/mol. The number of nitrogens with zero attached hydrogens (tertiary/aromatic N) is 1. The molecule has 0 unspecified atom stereocenters. The van der Waals surface area contributed by atoms with E-state index < -0.39 is 12.2 Å². The lowest BCUT2D eigenvalue weighted by Gasteiger charge is -2.35. The van der Waals surface area contributed by atoms with E-state index in [0.717, 1.165) is 69.0 Å². The summed E-state index contributed by atoms with van der Waals surface area (Å²) >= 11 is 0. The van der Waals surface area contributed by atoms with E-state index in [4.69, 9.17) is 10.5 Å². The minimum atomic E-state index is -0.969. The minimum Gasteiger partial charge on any atom is -0.506 e. The molecule has 4 aromatic rings. The van der Waals surface area contributed by atoms with E-state index in [1.807, 2.05) is 48.5 Å². The van der Waals surface area contributed by atoms with Crippen LogP contribution in [0.1, 0.15) is 63.0 Å². The molecule has 1 atom stereocenters. The van der Waals surface area contributed by atoms with Crippen LogP contribution in [0, 0.1) is 0 Å². The fourth-order valence-electron chi connectivity index (χ4n) is 6.27. The van der Waals surface area contributed by atoms with Gasteiger partial charge in [-0.2, -0.15) is 0 Å². The number of fused-ring (bicyclic) bond motifs is 1. The first-order valence-corrected chi connectivity index (χ1v) is 16.2. The van der Waals surface area contributed by atoms with Gasteiger partial charge in [-0.1, -0.05) is 49.2 Å². The number of hydrogen-bond donors (Lipinski definition) is 6. The molecule has 1 saturated carbocycles. The number of amides is 1. The Balaban J connectivity index is 1.10. The number of rotatable bonds is 14. The smallest absolute Gasteiger partial charge is 0.412 e. The van der Waals surface area contributed by atoms with Crippen LogP contribution in [0.15, 0.2) is 77.6 Å². The summed E-state index contributed by atoms with van der Waals surface area (Å²) in [6.45, 7) is 1.62. The number of carboxylic acid groups (broad SMARTS) is 1. The summed E-state index contributed by atoms with van der Waals surface area (Å²) in [6, 6.07) is 21.7. The van der Waals surface area contributed by atoms with Crippen molar-refractivity contribution in [3.8, 4) is 22.6 Å². The first-order valence-electron chi connectivity index (χ1n) is 16.2. The van der Waals surface area contributed by atoms with Gasteiger partial charge in [-0.15, -0.1) is 0 Å². The number of aromatic amines is 1. The maximum atomic E-state index is 12.6. The molecule has 1 heterocycles. The van der Waals surface area contributed by atoms with Crippen molar-refractivity contribution in [3.63, 3.8) is 0 Å². The molecule has 0 radical (unpaired) electrons. The van der Waals surface area contributed by atoms with Gasteiger partial charge in [0, 0.05) is 41.7 Å². The zero-order valence-electron chi connectivity index (χ0n) is 26.0. The number of unbranched alkanes of at least 4 members (excludes halogenated alkanes) is 3. The average Bonchev–Trinajstić information content (AvgIpc) is 3.05. The highest BCUT2D eigenvalue weighted by Crippen LogP contribution is 2.38. The van der Waals surface area contributed by atoms with Crippen molar-refractivity contribution in [1.82, 2.24) is 10.3 Å². The standard InChI is InChI=1S/C36H44N4O6/c37-25-10-12-26(13-11-25)40(36(44)45)31-22-27(14-15-28(31)24-8-4-3-5-9-24)46-21-7-2-1-6-20-38-23-33(42)29-16-18-32(41)35-30(29)17-19-34(43)39-35/h3-5,8-9,14-19,22,25-26,33,38,41-42H,1-2,6-7,10-13,20-21,23,37H2,(H,39,43)(H,44,45)/t25?,26?,33-/m0/s1. The number of aromatic nitrogens is 1. The summed E-state index contributed by atoms with van der Waals surface area (Å²) < 4.78 is 6.10. The van der Waals surface area contributed by atoms with E-state index in [0.29, 0.717) is 41.1 Å². The highest BCUT2D eigenvalue weighted by molar-refractivity contribution is 5.94. The van der Waals surface area contributed by atoms with Crippen LogP contribution in [-0.2, 0) is 0 Å². The van der Waals surface area contributed by atoms with E-state index in [9.17, 15) is 24.9 Å². The highest BCUT2D eigenvalue weighted by Gasteiger charge is 2.31. The number of pyridine rings is 1. The summed E-state index contributed by atoms with van der Waals surface area (Å²) in [4.78, 5) is 28.4. The number of aliphatic hydroxyl groups excluding tert-OH is 1. The fourth-order valence-corrected chi connectivity index (χ4v) is 6.27. The molecule has 0 aliphatic heterocycles. The lowest BCUT2D eigenvalue weighted by Crippen LogP contribution is -2.44. The van der Waals surface area contributed by atoms with E-state index in [1.165, 1.54) is 17.0 Å². The third-order valence-corrected chi connectivity index (χ3v) is 8.75. The SMILES string of the molecule is NC1CCC(N(C(=O)O)c2cc(OCCCCCCNC[C@H](O)c3ccc(O)c4[nH]c(=O)ccc34)ccc2-c2ccccc2)CC1. The van der Waals surface area contributed by atoms with Gasteiger partial charge in [-0.3, -0.25) is 9.69 Å². The minimum absolute atomic E-state index is 0.0301. The second-order valence-electron chi connectivity index (χ2n) is 12.0. The van der Waals surface area contributed by atoms with Crippen molar-refractivity contribution >= 4 is 22.7 Å². The third kappa shape index (κ3) is 8.25. The number of nitrogens with two attached hydrogens (primary N) is 1. The molecule has 46 heavy (non-hydrogen) atoms. The van der Waals surface area contributed by atoms with E-state index in [1.54, 1.807) is 12.1 Å². The predicted octanol–water partition coefficient (Wildman–Crippen LogP) is 5.92. The number of aromatic hydroxyl groups is 1. The first-order chi connectivity index (χ1) is 22.3. The topological polar surface area (TPSA) is 161 Å². The molecule has 10 heteroatoms. The molecule has 0 spiro atoms. The largest absolute Gasteiger partial charge is 0.506 e. The molecule has 3 aromatic carbocycles. The summed E-state index contributed by atoms with van der Waals surface area (Å²) in [5.41, 5.74) is 9.22. The number of aliphatic hydroxyl groups is 1. The van der Waals surface area contributed by atoms with Gasteiger partial charge < -0.3 is 36.1 Å². The van der Waals surface area contributed by atoms with Gasteiger partial charge in [0.15, 0.2) is 0 Å². The van der Waals surface area contributed by atoms with Gasteiger partial charge >= 0.3 is 6.09 Å². The Morgan fingerprint density at radius 3 is 2.50 bits per heavy atom. The molecule has 10 nitrogen and oxygen atoms in total. The number of phenolic OH excluding ortho intramolecular Hbond substituents is 1. The van der Waals surface area contributed by atoms with Gasteiger partial charge in [-0.05, 0) is 80.5 Å². The van der Waals surface area contributed by atoms with Crippen LogP contribution in [-0.4, -0.2) is 58.2 Å². The molecule has 1 fully saturated rings. The number of phenols is 1. The van der Waals surface area contributed by atoms with Crippen molar-refractivity contribution in [2.45, 2.75) is 69.6 Å². The molecule has 1 aromatic heterocycles. The van der Waals surface area contributed by atoms with Crippen molar-refractivity contribution < 1.29 is 24.9 Å². The fraction of sp³-hybridized carbons (Fsp3) is 0.389.